The first kappa shape index (κ1) is 13.1. The van der Waals surface area contributed by atoms with Crippen LogP contribution in [0.5, 0.6) is 0 Å². The van der Waals surface area contributed by atoms with E-state index in [1.807, 2.05) is 5.43 Å². The van der Waals surface area contributed by atoms with Gasteiger partial charge < -0.3 is 0 Å². The van der Waals surface area contributed by atoms with Crippen LogP contribution in [0.2, 0.25) is 0 Å². The van der Waals surface area contributed by atoms with E-state index in [2.05, 4.69) is 15.9 Å². The molecule has 0 aliphatic heterocycles. The highest BCUT2D eigenvalue weighted by Gasteiger charge is 2.19. The Hall–Kier alpha value is -0.990. The van der Waals surface area contributed by atoms with Crippen molar-refractivity contribution in [3.63, 3.8) is 0 Å². The number of hydrazine groups is 1. The Labute approximate surface area is 100 Å². The average molecular weight is 311 g/mol. The third-order valence-electron chi connectivity index (χ3n) is 1.54. The summed E-state index contributed by atoms with van der Waals surface area (Å²) in [6.07, 6.45) is 0. The average Bonchev–Trinajstić information content (AvgIpc) is 2.14. The molecule has 1 amide bonds. The first-order chi connectivity index (χ1) is 7.33. The molecule has 0 radical (unpaired) electrons. The quantitative estimate of drug-likeness (QED) is 0.815. The maximum absolute atomic E-state index is 13.3. The molecular weight excluding hydrogens is 303 g/mol. The van der Waals surface area contributed by atoms with Gasteiger partial charge in [-0.1, -0.05) is 15.9 Å². The van der Waals surface area contributed by atoms with Crippen LogP contribution in [0.25, 0.3) is 0 Å². The van der Waals surface area contributed by atoms with Crippen molar-refractivity contribution in [3.05, 3.63) is 28.5 Å². The van der Waals surface area contributed by atoms with Crippen molar-refractivity contribution in [2.75, 3.05) is 0 Å². The van der Waals surface area contributed by atoms with Crippen LogP contribution in [0.3, 0.4) is 0 Å². The minimum Gasteiger partial charge on any atom is -0.278 e. The van der Waals surface area contributed by atoms with E-state index in [1.165, 1.54) is 6.07 Å². The number of hydrogen-bond acceptors (Lipinski definition) is 3. The summed E-state index contributed by atoms with van der Waals surface area (Å²) in [5.41, 5.74) is 1.87. The predicted molar refractivity (Wildman–Crippen MR) is 58.2 cm³/mol. The smallest absolute Gasteiger partial charge is 0.260 e. The second-order valence-electron chi connectivity index (χ2n) is 2.86. The highest BCUT2D eigenvalue weighted by molar-refractivity contribution is 9.10. The summed E-state index contributed by atoms with van der Waals surface area (Å²) < 4.78 is 36.7. The lowest BCUT2D eigenvalue weighted by atomic mass is 10.3. The van der Waals surface area contributed by atoms with Crippen molar-refractivity contribution in [2.45, 2.75) is 11.8 Å². The third-order valence-corrected chi connectivity index (χ3v) is 3.32. The zero-order chi connectivity index (χ0) is 12.3. The van der Waals surface area contributed by atoms with Gasteiger partial charge in [0.1, 0.15) is 10.7 Å². The lowest BCUT2D eigenvalue weighted by molar-refractivity contribution is -0.119. The fourth-order valence-corrected chi connectivity index (χ4v) is 2.17. The van der Waals surface area contributed by atoms with Crippen molar-refractivity contribution in [1.82, 2.24) is 10.3 Å². The Balaban J connectivity index is 3.03. The summed E-state index contributed by atoms with van der Waals surface area (Å²) >= 11 is 3.00. The molecule has 0 saturated heterocycles. The minimum atomic E-state index is -4.08. The second-order valence-corrected chi connectivity index (χ2v) is 5.43. The van der Waals surface area contributed by atoms with Crippen LogP contribution in [0.4, 0.5) is 4.39 Å². The van der Waals surface area contributed by atoms with Crippen molar-refractivity contribution in [2.24, 2.45) is 0 Å². The topological polar surface area (TPSA) is 75.3 Å². The van der Waals surface area contributed by atoms with Crippen molar-refractivity contribution in [1.29, 1.82) is 0 Å². The van der Waals surface area contributed by atoms with Gasteiger partial charge in [0.2, 0.25) is 5.91 Å². The number of carbonyl (C=O) groups excluding carboxylic acids is 1. The van der Waals surface area contributed by atoms with Gasteiger partial charge in [0.15, 0.2) is 0 Å². The summed E-state index contributed by atoms with van der Waals surface area (Å²) in [4.78, 5) is 11.7. The number of carbonyl (C=O) groups is 1. The summed E-state index contributed by atoms with van der Waals surface area (Å²) in [6, 6.07) is 3.48. The number of amides is 1. The standard InChI is InChI=1S/C8H8BrFN2O3S/c1-5(13)11-12-16(14,15)8-3-2-6(9)4-7(8)10/h2-4,12H,1H3,(H,11,13). The molecule has 8 heteroatoms. The molecule has 1 aromatic carbocycles. The Bertz CT molecular complexity index is 518. The summed E-state index contributed by atoms with van der Waals surface area (Å²) in [5, 5.41) is 0. The fraction of sp³-hybridized carbons (Fsp3) is 0.125. The molecule has 0 heterocycles. The van der Waals surface area contributed by atoms with Gasteiger partial charge in [0.25, 0.3) is 10.0 Å². The summed E-state index contributed by atoms with van der Waals surface area (Å²) in [6.45, 7) is 1.13. The Morgan fingerprint density at radius 1 is 1.44 bits per heavy atom. The van der Waals surface area contributed by atoms with E-state index < -0.39 is 26.6 Å². The van der Waals surface area contributed by atoms with Gasteiger partial charge in [-0.05, 0) is 18.2 Å². The van der Waals surface area contributed by atoms with Crippen LogP contribution in [0, 0.1) is 5.82 Å². The van der Waals surface area contributed by atoms with E-state index >= 15 is 0 Å². The molecule has 16 heavy (non-hydrogen) atoms. The largest absolute Gasteiger partial charge is 0.278 e. The van der Waals surface area contributed by atoms with Gasteiger partial charge in [-0.25, -0.2) is 12.8 Å². The molecule has 5 nitrogen and oxygen atoms in total. The Kier molecular flexibility index (Phi) is 4.00. The highest BCUT2D eigenvalue weighted by atomic mass is 79.9. The number of halogens is 2. The van der Waals surface area contributed by atoms with E-state index in [1.54, 1.807) is 4.83 Å². The van der Waals surface area contributed by atoms with Gasteiger partial charge in [-0.2, -0.15) is 0 Å². The SMILES string of the molecule is CC(=O)NNS(=O)(=O)c1ccc(Br)cc1F. The number of benzene rings is 1. The number of nitrogens with one attached hydrogen (secondary N) is 2. The number of hydrogen-bond donors (Lipinski definition) is 2. The van der Waals surface area contributed by atoms with Gasteiger partial charge in [0.05, 0.1) is 0 Å². The van der Waals surface area contributed by atoms with Crippen molar-refractivity contribution >= 4 is 31.9 Å². The zero-order valence-electron chi connectivity index (χ0n) is 8.12. The summed E-state index contributed by atoms with van der Waals surface area (Å²) in [5.74, 6) is -1.51. The lowest BCUT2D eigenvalue weighted by Gasteiger charge is -2.07. The van der Waals surface area contributed by atoms with Crippen molar-refractivity contribution in [3.8, 4) is 0 Å². The molecule has 0 unspecified atom stereocenters. The van der Waals surface area contributed by atoms with E-state index in [0.29, 0.717) is 4.47 Å². The fourth-order valence-electron chi connectivity index (χ4n) is 0.887. The molecule has 2 N–H and O–H groups in total. The van der Waals surface area contributed by atoms with Crippen molar-refractivity contribution < 1.29 is 17.6 Å². The molecular formula is C8H8BrFN2O3S. The van der Waals surface area contributed by atoms with E-state index in [-0.39, 0.29) is 0 Å². The zero-order valence-corrected chi connectivity index (χ0v) is 10.5. The maximum Gasteiger partial charge on any atom is 0.260 e. The lowest BCUT2D eigenvalue weighted by Crippen LogP contribution is -2.40. The predicted octanol–water partition coefficient (Wildman–Crippen LogP) is 0.918. The van der Waals surface area contributed by atoms with Crippen LogP contribution in [0.15, 0.2) is 27.6 Å². The van der Waals surface area contributed by atoms with Crippen LogP contribution < -0.4 is 10.3 Å². The molecule has 0 aliphatic rings. The first-order valence-corrected chi connectivity index (χ1v) is 6.34. The second kappa shape index (κ2) is 4.89. The van der Waals surface area contributed by atoms with Gasteiger partial charge in [-0.15, -0.1) is 4.83 Å². The molecule has 0 spiro atoms. The number of sulfonamides is 1. The molecule has 0 bridgehead atoms. The first-order valence-electron chi connectivity index (χ1n) is 4.06. The van der Waals surface area contributed by atoms with Gasteiger partial charge in [-0.3, -0.25) is 10.2 Å². The molecule has 0 aromatic heterocycles. The van der Waals surface area contributed by atoms with Crippen LogP contribution in [0.1, 0.15) is 6.92 Å². The maximum atomic E-state index is 13.3. The molecule has 1 aromatic rings. The molecule has 1 rings (SSSR count). The molecule has 0 saturated carbocycles. The van der Waals surface area contributed by atoms with Crippen LogP contribution >= 0.6 is 15.9 Å². The van der Waals surface area contributed by atoms with E-state index in [9.17, 15) is 17.6 Å². The summed E-state index contributed by atoms with van der Waals surface area (Å²) in [7, 11) is -4.08. The Morgan fingerprint density at radius 2 is 2.06 bits per heavy atom. The van der Waals surface area contributed by atoms with Gasteiger partial charge >= 0.3 is 0 Å². The minimum absolute atomic E-state index is 0.420. The Morgan fingerprint density at radius 3 is 2.56 bits per heavy atom. The van der Waals surface area contributed by atoms with E-state index in [0.717, 1.165) is 19.1 Å². The third kappa shape index (κ3) is 3.26. The van der Waals surface area contributed by atoms with Gasteiger partial charge in [0, 0.05) is 11.4 Å². The van der Waals surface area contributed by atoms with Crippen LogP contribution in [-0.2, 0) is 14.8 Å². The van der Waals surface area contributed by atoms with Crippen LogP contribution in [-0.4, -0.2) is 14.3 Å². The monoisotopic (exact) mass is 310 g/mol. The number of rotatable bonds is 3. The van der Waals surface area contributed by atoms with E-state index in [4.69, 9.17) is 0 Å². The molecule has 0 fully saturated rings. The molecule has 0 atom stereocenters. The molecule has 88 valence electrons. The normalized spacial score (nSPS) is 11.2. The molecule has 0 aliphatic carbocycles. The highest BCUT2D eigenvalue weighted by Crippen LogP contribution is 2.18.